The zero-order chi connectivity index (χ0) is 15.2. The Morgan fingerprint density at radius 3 is 1.73 bits per heavy atom. The lowest BCUT2D eigenvalue weighted by Crippen LogP contribution is -2.13. The van der Waals surface area contributed by atoms with Crippen molar-refractivity contribution in [2.75, 3.05) is 0 Å². The highest BCUT2D eigenvalue weighted by molar-refractivity contribution is 7.68. The molecule has 3 rings (SSSR count). The van der Waals surface area contributed by atoms with E-state index in [1.165, 1.54) is 10.6 Å². The molecular formula is C19H16ClOP. The van der Waals surface area contributed by atoms with Gasteiger partial charge in [0.1, 0.15) is 0 Å². The van der Waals surface area contributed by atoms with E-state index >= 15 is 0 Å². The Hall–Kier alpha value is -1.66. The molecule has 110 valence electrons. The molecule has 0 saturated heterocycles. The Kier molecular flexibility index (Phi) is 5.24. The normalized spacial score (nSPS) is 10.8. The van der Waals surface area contributed by atoms with Gasteiger partial charge >= 0.3 is 0 Å². The van der Waals surface area contributed by atoms with Crippen LogP contribution >= 0.6 is 19.7 Å². The first kappa shape index (κ1) is 15.2. The number of rotatable bonds is 5. The van der Waals surface area contributed by atoms with Crippen molar-refractivity contribution in [1.82, 2.24) is 0 Å². The molecule has 0 aliphatic carbocycles. The monoisotopic (exact) mass is 326 g/mol. The van der Waals surface area contributed by atoms with Crippen molar-refractivity contribution >= 4 is 30.4 Å². The Bertz CT molecular complexity index is 676. The second-order valence-electron chi connectivity index (χ2n) is 4.83. The van der Waals surface area contributed by atoms with E-state index in [1.54, 1.807) is 0 Å². The Balaban J connectivity index is 1.85. The minimum absolute atomic E-state index is 0.509. The second kappa shape index (κ2) is 7.56. The molecule has 0 fully saturated rings. The van der Waals surface area contributed by atoms with Crippen molar-refractivity contribution in [3.8, 4) is 0 Å². The summed E-state index contributed by atoms with van der Waals surface area (Å²) in [5, 5.41) is 3.16. The van der Waals surface area contributed by atoms with Crippen LogP contribution < -0.4 is 10.6 Å². The molecule has 3 heteroatoms. The number of halogens is 1. The fourth-order valence-electron chi connectivity index (χ4n) is 2.17. The van der Waals surface area contributed by atoms with Crippen LogP contribution in [0.4, 0.5) is 0 Å². The highest BCUT2D eigenvalue weighted by Gasteiger charge is 2.15. The molecule has 1 nitrogen and oxygen atoms in total. The molecule has 0 amide bonds. The van der Waals surface area contributed by atoms with Crippen molar-refractivity contribution in [3.63, 3.8) is 0 Å². The number of benzene rings is 3. The third-order valence-corrected chi connectivity index (χ3v) is 5.58. The number of hydrogen-bond donors (Lipinski definition) is 0. The predicted octanol–water partition coefficient (Wildman–Crippen LogP) is 4.90. The smallest absolute Gasteiger partial charge is 0.0922 e. The van der Waals surface area contributed by atoms with Crippen LogP contribution in [-0.4, -0.2) is 0 Å². The van der Waals surface area contributed by atoms with E-state index in [4.69, 9.17) is 16.1 Å². The third kappa shape index (κ3) is 3.75. The van der Waals surface area contributed by atoms with Crippen LogP contribution in [0.25, 0.3) is 0 Å². The first-order valence-corrected chi connectivity index (χ1v) is 8.75. The van der Waals surface area contributed by atoms with Gasteiger partial charge in [0, 0.05) is 15.6 Å². The van der Waals surface area contributed by atoms with E-state index < -0.39 is 8.15 Å². The molecule has 3 aromatic rings. The lowest BCUT2D eigenvalue weighted by molar-refractivity contribution is 0.350. The quantitative estimate of drug-likeness (QED) is 0.606. The molecule has 0 unspecified atom stereocenters. The lowest BCUT2D eigenvalue weighted by Gasteiger charge is -2.19. The summed E-state index contributed by atoms with van der Waals surface area (Å²) < 4.78 is 6.26. The minimum atomic E-state index is -0.846. The summed E-state index contributed by atoms with van der Waals surface area (Å²) in [5.74, 6) is 0. The summed E-state index contributed by atoms with van der Waals surface area (Å²) in [6.07, 6.45) is 0. The summed E-state index contributed by atoms with van der Waals surface area (Å²) in [7, 11) is -0.846. The van der Waals surface area contributed by atoms with Gasteiger partial charge in [-0.25, -0.2) is 0 Å². The summed E-state index contributed by atoms with van der Waals surface area (Å²) >= 11 is 6.23. The molecule has 0 saturated carbocycles. The molecule has 0 heterocycles. The SMILES string of the molecule is Clc1ccccc1COP(c1ccccc1)c1ccccc1. The van der Waals surface area contributed by atoms with Crippen LogP contribution in [0.1, 0.15) is 5.56 Å². The molecule has 0 atom stereocenters. The maximum absolute atomic E-state index is 6.26. The molecule has 22 heavy (non-hydrogen) atoms. The van der Waals surface area contributed by atoms with Crippen molar-refractivity contribution in [2.24, 2.45) is 0 Å². The van der Waals surface area contributed by atoms with Crippen molar-refractivity contribution in [1.29, 1.82) is 0 Å². The van der Waals surface area contributed by atoms with Crippen LogP contribution in [0, 0.1) is 0 Å². The van der Waals surface area contributed by atoms with Gasteiger partial charge in [-0.15, -0.1) is 0 Å². The summed E-state index contributed by atoms with van der Waals surface area (Å²) in [6, 6.07) is 28.5. The largest absolute Gasteiger partial charge is 0.345 e. The minimum Gasteiger partial charge on any atom is -0.345 e. The van der Waals surface area contributed by atoms with Crippen LogP contribution in [0.3, 0.4) is 0 Å². The van der Waals surface area contributed by atoms with Crippen molar-refractivity contribution in [3.05, 3.63) is 95.5 Å². The average Bonchev–Trinajstić information content (AvgIpc) is 2.59. The fourth-order valence-corrected chi connectivity index (χ4v) is 4.12. The first-order chi connectivity index (χ1) is 10.8. The lowest BCUT2D eigenvalue weighted by atomic mass is 10.2. The van der Waals surface area contributed by atoms with Gasteiger partial charge in [-0.1, -0.05) is 90.5 Å². The van der Waals surface area contributed by atoms with E-state index in [0.717, 1.165) is 10.6 Å². The first-order valence-electron chi connectivity index (χ1n) is 7.11. The van der Waals surface area contributed by atoms with Crippen molar-refractivity contribution in [2.45, 2.75) is 6.61 Å². The van der Waals surface area contributed by atoms with E-state index in [-0.39, 0.29) is 0 Å². The van der Waals surface area contributed by atoms with Gasteiger partial charge in [0.15, 0.2) is 0 Å². The zero-order valence-electron chi connectivity index (χ0n) is 12.0. The summed E-state index contributed by atoms with van der Waals surface area (Å²) in [5.41, 5.74) is 1.02. The van der Waals surface area contributed by atoms with Gasteiger partial charge in [0.05, 0.1) is 14.8 Å². The summed E-state index contributed by atoms with van der Waals surface area (Å²) in [4.78, 5) is 0. The zero-order valence-corrected chi connectivity index (χ0v) is 13.7. The van der Waals surface area contributed by atoms with E-state index in [9.17, 15) is 0 Å². The Morgan fingerprint density at radius 1 is 0.682 bits per heavy atom. The van der Waals surface area contributed by atoms with Crippen LogP contribution in [-0.2, 0) is 11.1 Å². The molecule has 0 N–H and O–H groups in total. The standard InChI is InChI=1S/C19H16ClOP/c20-19-14-8-7-9-16(19)15-21-22(17-10-3-1-4-11-17)18-12-5-2-6-13-18/h1-14H,15H2. The Labute approximate surface area is 137 Å². The van der Waals surface area contributed by atoms with Gasteiger partial charge in [-0.2, -0.15) is 0 Å². The predicted molar refractivity (Wildman–Crippen MR) is 95.3 cm³/mol. The molecule has 0 spiro atoms. The van der Waals surface area contributed by atoms with Gasteiger partial charge in [-0.3, -0.25) is 0 Å². The van der Waals surface area contributed by atoms with E-state index in [1.807, 2.05) is 60.7 Å². The molecule has 0 aromatic heterocycles. The Morgan fingerprint density at radius 2 is 1.18 bits per heavy atom. The molecule has 0 radical (unpaired) electrons. The summed E-state index contributed by atoms with van der Waals surface area (Å²) in [6.45, 7) is 0.509. The maximum atomic E-state index is 6.26. The van der Waals surface area contributed by atoms with Crippen molar-refractivity contribution < 1.29 is 4.52 Å². The average molecular weight is 327 g/mol. The molecule has 0 aliphatic heterocycles. The van der Waals surface area contributed by atoms with Crippen LogP contribution in [0.15, 0.2) is 84.9 Å². The molecule has 0 aliphatic rings. The molecular weight excluding hydrogens is 311 g/mol. The topological polar surface area (TPSA) is 9.23 Å². The second-order valence-corrected chi connectivity index (χ2v) is 7.12. The maximum Gasteiger partial charge on any atom is 0.0922 e. The molecule has 0 bridgehead atoms. The van der Waals surface area contributed by atoms with Gasteiger partial charge in [0.25, 0.3) is 0 Å². The fraction of sp³-hybridized carbons (Fsp3) is 0.0526. The van der Waals surface area contributed by atoms with Gasteiger partial charge in [-0.05, 0) is 11.6 Å². The van der Waals surface area contributed by atoms with Gasteiger partial charge < -0.3 is 4.52 Å². The van der Waals surface area contributed by atoms with E-state index in [2.05, 4.69) is 24.3 Å². The number of hydrogen-bond acceptors (Lipinski definition) is 1. The van der Waals surface area contributed by atoms with Crippen LogP contribution in [0.2, 0.25) is 5.02 Å². The molecule has 3 aromatic carbocycles. The highest BCUT2D eigenvalue weighted by Crippen LogP contribution is 2.36. The van der Waals surface area contributed by atoms with E-state index in [0.29, 0.717) is 6.61 Å². The van der Waals surface area contributed by atoms with Crippen LogP contribution in [0.5, 0.6) is 0 Å². The third-order valence-electron chi connectivity index (χ3n) is 3.29. The highest BCUT2D eigenvalue weighted by atomic mass is 35.5. The van der Waals surface area contributed by atoms with Gasteiger partial charge in [0.2, 0.25) is 0 Å².